The summed E-state index contributed by atoms with van der Waals surface area (Å²) in [6.45, 7) is 0. The van der Waals surface area contributed by atoms with E-state index in [1.165, 1.54) is 0 Å². The number of hydrogen-bond donors (Lipinski definition) is 0. The van der Waals surface area contributed by atoms with Gasteiger partial charge in [0.15, 0.2) is 5.65 Å². The van der Waals surface area contributed by atoms with Gasteiger partial charge in [-0.1, -0.05) is 18.2 Å². The lowest BCUT2D eigenvalue weighted by atomic mass is 10.1. The zero-order chi connectivity index (χ0) is 14.1. The number of nitrogens with zero attached hydrogens (tertiary/aromatic N) is 5. The van der Waals surface area contributed by atoms with Crippen LogP contribution in [0.4, 0.5) is 5.95 Å². The lowest BCUT2D eigenvalue weighted by Gasteiger charge is -2.05. The molecule has 5 nitrogen and oxygen atoms in total. The minimum Gasteiger partial charge on any atom is -0.346 e. The Kier molecular flexibility index (Phi) is 2.84. The van der Waals surface area contributed by atoms with Crippen LogP contribution in [0.3, 0.4) is 0 Å². The van der Waals surface area contributed by atoms with Gasteiger partial charge in [0, 0.05) is 19.7 Å². The van der Waals surface area contributed by atoms with E-state index < -0.39 is 0 Å². The maximum Gasteiger partial charge on any atom is 0.245 e. The highest BCUT2D eigenvalue weighted by atomic mass is 15.4. The first-order valence-corrected chi connectivity index (χ1v) is 6.23. The number of anilines is 1. The van der Waals surface area contributed by atoms with Gasteiger partial charge in [-0.3, -0.25) is 0 Å². The summed E-state index contributed by atoms with van der Waals surface area (Å²) < 4.78 is 1.82. The minimum absolute atomic E-state index is 0.647. The molecular weight excluding hydrogens is 250 g/mol. The molecule has 5 heteroatoms. The van der Waals surface area contributed by atoms with Gasteiger partial charge in [-0.25, -0.2) is 4.52 Å². The second-order valence-corrected chi connectivity index (χ2v) is 4.68. The normalized spacial score (nSPS) is 10.4. The lowest BCUT2D eigenvalue weighted by molar-refractivity contribution is 0.933. The highest BCUT2D eigenvalue weighted by Gasteiger charge is 2.09. The number of benzene rings is 1. The van der Waals surface area contributed by atoms with Gasteiger partial charge in [-0.2, -0.15) is 10.2 Å². The fourth-order valence-electron chi connectivity index (χ4n) is 2.02. The van der Waals surface area contributed by atoms with Crippen molar-refractivity contribution in [3.05, 3.63) is 48.0 Å². The summed E-state index contributed by atoms with van der Waals surface area (Å²) in [5.41, 5.74) is 3.40. The van der Waals surface area contributed by atoms with Gasteiger partial charge >= 0.3 is 0 Å². The Morgan fingerprint density at radius 2 is 1.85 bits per heavy atom. The van der Waals surface area contributed by atoms with Crippen LogP contribution in [0.1, 0.15) is 5.56 Å². The van der Waals surface area contributed by atoms with E-state index >= 15 is 0 Å². The van der Waals surface area contributed by atoms with Crippen LogP contribution in [0.5, 0.6) is 0 Å². The largest absolute Gasteiger partial charge is 0.346 e. The Bertz CT molecular complexity index is 793. The summed E-state index contributed by atoms with van der Waals surface area (Å²) in [6.07, 6.45) is 0. The summed E-state index contributed by atoms with van der Waals surface area (Å²) in [7, 11) is 3.83. The SMILES string of the molecule is CN(C)c1nc2cccc(-c3ccc(C#N)cc3)n2n1. The summed E-state index contributed by atoms with van der Waals surface area (Å²) in [5, 5.41) is 13.3. The number of nitriles is 1. The van der Waals surface area contributed by atoms with Crippen LogP contribution in [0, 0.1) is 11.3 Å². The van der Waals surface area contributed by atoms with Gasteiger partial charge in [-0.15, -0.1) is 5.10 Å². The zero-order valence-corrected chi connectivity index (χ0v) is 11.3. The fraction of sp³-hybridized carbons (Fsp3) is 0.133. The Balaban J connectivity index is 2.17. The highest BCUT2D eigenvalue weighted by Crippen LogP contribution is 2.21. The van der Waals surface area contributed by atoms with Gasteiger partial charge in [0.2, 0.25) is 5.95 Å². The molecule has 3 rings (SSSR count). The third-order valence-electron chi connectivity index (χ3n) is 3.06. The summed E-state index contributed by atoms with van der Waals surface area (Å²) in [6, 6.07) is 15.4. The first-order valence-electron chi connectivity index (χ1n) is 6.23. The number of pyridine rings is 1. The van der Waals surface area contributed by atoms with Crippen molar-refractivity contribution in [1.82, 2.24) is 14.6 Å². The third kappa shape index (κ3) is 1.97. The molecule has 0 aliphatic rings. The Morgan fingerprint density at radius 1 is 1.10 bits per heavy atom. The molecule has 20 heavy (non-hydrogen) atoms. The fourth-order valence-corrected chi connectivity index (χ4v) is 2.02. The number of rotatable bonds is 2. The predicted octanol–water partition coefficient (Wildman–Crippen LogP) is 2.33. The van der Waals surface area contributed by atoms with Gasteiger partial charge < -0.3 is 4.90 Å². The first-order chi connectivity index (χ1) is 9.69. The molecule has 0 radical (unpaired) electrons. The molecule has 0 atom stereocenters. The molecule has 0 amide bonds. The van der Waals surface area contributed by atoms with E-state index in [0.29, 0.717) is 11.5 Å². The zero-order valence-electron chi connectivity index (χ0n) is 11.3. The van der Waals surface area contributed by atoms with Crippen LogP contribution >= 0.6 is 0 Å². The summed E-state index contributed by atoms with van der Waals surface area (Å²) >= 11 is 0. The molecule has 2 heterocycles. The molecule has 3 aromatic rings. The molecule has 0 saturated heterocycles. The first kappa shape index (κ1) is 12.2. The molecular formula is C15H13N5. The van der Waals surface area contributed by atoms with E-state index in [9.17, 15) is 0 Å². The molecule has 0 unspecified atom stereocenters. The highest BCUT2D eigenvalue weighted by molar-refractivity contribution is 5.64. The van der Waals surface area contributed by atoms with Crippen LogP contribution in [-0.2, 0) is 0 Å². The Hall–Kier alpha value is -2.87. The van der Waals surface area contributed by atoms with E-state index in [4.69, 9.17) is 5.26 Å². The number of fused-ring (bicyclic) bond motifs is 1. The van der Waals surface area contributed by atoms with Crippen LogP contribution < -0.4 is 4.90 Å². The third-order valence-corrected chi connectivity index (χ3v) is 3.06. The molecule has 0 saturated carbocycles. The number of hydrogen-bond acceptors (Lipinski definition) is 4. The maximum atomic E-state index is 8.85. The second-order valence-electron chi connectivity index (χ2n) is 4.68. The van der Waals surface area contributed by atoms with Gasteiger partial charge in [0.1, 0.15) is 0 Å². The van der Waals surface area contributed by atoms with Crippen molar-refractivity contribution in [1.29, 1.82) is 5.26 Å². The molecule has 0 fully saturated rings. The second kappa shape index (κ2) is 4.67. The standard InChI is InChI=1S/C15H13N5/c1-19(2)15-17-14-5-3-4-13(20(14)18-15)12-8-6-11(10-16)7-9-12/h3-9H,1-2H3. The molecule has 0 bridgehead atoms. The van der Waals surface area contributed by atoms with Crippen LogP contribution in [-0.4, -0.2) is 28.7 Å². The van der Waals surface area contributed by atoms with Gasteiger partial charge in [0.25, 0.3) is 0 Å². The van der Waals surface area contributed by atoms with Crippen molar-refractivity contribution in [3.63, 3.8) is 0 Å². The smallest absolute Gasteiger partial charge is 0.245 e. The van der Waals surface area contributed by atoms with Crippen LogP contribution in [0.15, 0.2) is 42.5 Å². The summed E-state index contributed by atoms with van der Waals surface area (Å²) in [5.74, 6) is 0.672. The number of aromatic nitrogens is 3. The lowest BCUT2D eigenvalue weighted by Crippen LogP contribution is -2.10. The average Bonchev–Trinajstić information content (AvgIpc) is 2.91. The van der Waals surface area contributed by atoms with Crippen molar-refractivity contribution in [2.75, 3.05) is 19.0 Å². The topological polar surface area (TPSA) is 57.2 Å². The van der Waals surface area contributed by atoms with E-state index in [0.717, 1.165) is 16.9 Å². The minimum atomic E-state index is 0.647. The van der Waals surface area contributed by atoms with Gasteiger partial charge in [0.05, 0.1) is 17.3 Å². The molecule has 2 aromatic heterocycles. The van der Waals surface area contributed by atoms with E-state index in [2.05, 4.69) is 16.2 Å². The van der Waals surface area contributed by atoms with Crippen molar-refractivity contribution in [2.24, 2.45) is 0 Å². The van der Waals surface area contributed by atoms with Crippen LogP contribution in [0.2, 0.25) is 0 Å². The molecule has 0 N–H and O–H groups in total. The molecule has 0 spiro atoms. The quantitative estimate of drug-likeness (QED) is 0.712. The molecule has 0 aliphatic carbocycles. The van der Waals surface area contributed by atoms with Crippen LogP contribution in [0.25, 0.3) is 16.9 Å². The average molecular weight is 263 g/mol. The van der Waals surface area contributed by atoms with Gasteiger partial charge in [-0.05, 0) is 24.3 Å². The van der Waals surface area contributed by atoms with E-state index in [1.807, 2.05) is 53.8 Å². The Morgan fingerprint density at radius 3 is 2.50 bits per heavy atom. The van der Waals surface area contributed by atoms with Crippen molar-refractivity contribution in [3.8, 4) is 17.3 Å². The maximum absolute atomic E-state index is 8.85. The van der Waals surface area contributed by atoms with Crippen molar-refractivity contribution < 1.29 is 0 Å². The predicted molar refractivity (Wildman–Crippen MR) is 77.5 cm³/mol. The summed E-state index contributed by atoms with van der Waals surface area (Å²) in [4.78, 5) is 6.33. The van der Waals surface area contributed by atoms with E-state index in [1.54, 1.807) is 12.1 Å². The van der Waals surface area contributed by atoms with Crippen molar-refractivity contribution >= 4 is 11.6 Å². The molecule has 98 valence electrons. The molecule has 0 aliphatic heterocycles. The molecule has 1 aromatic carbocycles. The van der Waals surface area contributed by atoms with Crippen molar-refractivity contribution in [2.45, 2.75) is 0 Å². The van der Waals surface area contributed by atoms with E-state index in [-0.39, 0.29) is 0 Å². The Labute approximate surface area is 116 Å². The monoisotopic (exact) mass is 263 g/mol.